The van der Waals surface area contributed by atoms with Gasteiger partial charge < -0.3 is 4.74 Å². The summed E-state index contributed by atoms with van der Waals surface area (Å²) in [5.41, 5.74) is 0.207. The number of pyridine rings is 1. The molecule has 0 N–H and O–H groups in total. The van der Waals surface area contributed by atoms with Gasteiger partial charge in [0.15, 0.2) is 5.78 Å². The van der Waals surface area contributed by atoms with Crippen molar-refractivity contribution in [3.63, 3.8) is 0 Å². The number of ether oxygens (including phenoxy) is 1. The maximum absolute atomic E-state index is 13.0. The van der Waals surface area contributed by atoms with Gasteiger partial charge in [0.25, 0.3) is 0 Å². The molecule has 4 heteroatoms. The van der Waals surface area contributed by atoms with Crippen LogP contribution in [0.5, 0.6) is 5.75 Å². The summed E-state index contributed by atoms with van der Waals surface area (Å²) in [6, 6.07) is 1.82. The Bertz CT molecular complexity index is 495. The number of nitrogens with zero attached hydrogens (tertiary/aromatic N) is 2. The Morgan fingerprint density at radius 3 is 2.62 bits per heavy atom. The van der Waals surface area contributed by atoms with E-state index < -0.39 is 5.54 Å². The van der Waals surface area contributed by atoms with E-state index in [9.17, 15) is 4.79 Å². The number of ketones is 1. The molecule has 116 valence electrons. The summed E-state index contributed by atoms with van der Waals surface area (Å²) in [7, 11) is 0. The van der Waals surface area contributed by atoms with Crippen LogP contribution < -0.4 is 4.74 Å². The van der Waals surface area contributed by atoms with E-state index in [-0.39, 0.29) is 11.9 Å². The molecule has 1 aromatic heterocycles. The molecule has 0 radical (unpaired) electrons. The third kappa shape index (κ3) is 3.43. The van der Waals surface area contributed by atoms with Crippen molar-refractivity contribution in [3.8, 4) is 5.75 Å². The Kier molecular flexibility index (Phi) is 4.99. The van der Waals surface area contributed by atoms with Gasteiger partial charge in [0.1, 0.15) is 5.75 Å². The van der Waals surface area contributed by atoms with Crippen LogP contribution >= 0.6 is 0 Å². The van der Waals surface area contributed by atoms with Gasteiger partial charge in [0.2, 0.25) is 0 Å². The molecule has 1 aromatic rings. The van der Waals surface area contributed by atoms with Gasteiger partial charge in [0, 0.05) is 11.8 Å². The summed E-state index contributed by atoms with van der Waals surface area (Å²) in [6.07, 6.45) is 6.56. The largest absolute Gasteiger partial charge is 0.489 e. The Morgan fingerprint density at radius 1 is 1.38 bits per heavy atom. The van der Waals surface area contributed by atoms with Crippen molar-refractivity contribution >= 4 is 5.78 Å². The summed E-state index contributed by atoms with van der Waals surface area (Å²) >= 11 is 0. The summed E-state index contributed by atoms with van der Waals surface area (Å²) in [5, 5.41) is 0. The highest BCUT2D eigenvalue weighted by Gasteiger charge is 2.39. The van der Waals surface area contributed by atoms with E-state index >= 15 is 0 Å². The maximum atomic E-state index is 13.0. The van der Waals surface area contributed by atoms with Gasteiger partial charge in [-0.1, -0.05) is 6.92 Å². The lowest BCUT2D eigenvalue weighted by Crippen LogP contribution is -2.50. The van der Waals surface area contributed by atoms with Gasteiger partial charge >= 0.3 is 0 Å². The van der Waals surface area contributed by atoms with Gasteiger partial charge in [-0.3, -0.25) is 14.7 Å². The van der Waals surface area contributed by atoms with Crippen LogP contribution in [0.25, 0.3) is 0 Å². The molecule has 1 saturated heterocycles. The molecule has 0 bridgehead atoms. The predicted octanol–water partition coefficient (Wildman–Crippen LogP) is 3.32. The first-order valence-electron chi connectivity index (χ1n) is 7.89. The molecule has 2 rings (SSSR count). The standard InChI is InChI=1S/C17H26N2O2/c1-5-17(4,19-8-6-7-9-19)16(20)14-10-15(12-18-11-14)21-13(2)3/h10-13H,5-9H2,1-4H3. The number of rotatable bonds is 6. The van der Waals surface area contributed by atoms with Gasteiger partial charge in [0.05, 0.1) is 17.8 Å². The average Bonchev–Trinajstić information content (AvgIpc) is 3.00. The third-order valence-electron chi connectivity index (χ3n) is 4.33. The highest BCUT2D eigenvalue weighted by atomic mass is 16.5. The van der Waals surface area contributed by atoms with Crippen molar-refractivity contribution in [1.82, 2.24) is 9.88 Å². The minimum Gasteiger partial charge on any atom is -0.489 e. The lowest BCUT2D eigenvalue weighted by atomic mass is 9.87. The number of likely N-dealkylation sites (tertiary alicyclic amines) is 1. The van der Waals surface area contributed by atoms with E-state index in [0.717, 1.165) is 19.5 Å². The summed E-state index contributed by atoms with van der Waals surface area (Å²) in [5.74, 6) is 0.810. The second-order valence-electron chi connectivity index (χ2n) is 6.23. The number of aromatic nitrogens is 1. The van der Waals surface area contributed by atoms with Crippen molar-refractivity contribution in [2.24, 2.45) is 0 Å². The number of hydrogen-bond acceptors (Lipinski definition) is 4. The first-order valence-corrected chi connectivity index (χ1v) is 7.89. The highest BCUT2D eigenvalue weighted by Crippen LogP contribution is 2.29. The highest BCUT2D eigenvalue weighted by molar-refractivity contribution is 6.03. The maximum Gasteiger partial charge on any atom is 0.184 e. The Hall–Kier alpha value is -1.42. The second kappa shape index (κ2) is 6.56. The van der Waals surface area contributed by atoms with Crippen LogP contribution in [0.3, 0.4) is 0 Å². The summed E-state index contributed by atoms with van der Waals surface area (Å²) < 4.78 is 5.65. The van der Waals surface area contributed by atoms with E-state index in [2.05, 4.69) is 23.7 Å². The van der Waals surface area contributed by atoms with Gasteiger partial charge in [-0.05, 0) is 59.2 Å². The van der Waals surface area contributed by atoms with E-state index in [1.165, 1.54) is 12.8 Å². The number of hydrogen-bond donors (Lipinski definition) is 0. The molecule has 1 unspecified atom stereocenters. The zero-order valence-electron chi connectivity index (χ0n) is 13.6. The Morgan fingerprint density at radius 2 is 2.05 bits per heavy atom. The van der Waals surface area contributed by atoms with Crippen LogP contribution in [-0.2, 0) is 0 Å². The van der Waals surface area contributed by atoms with E-state index in [1.54, 1.807) is 12.4 Å². The first kappa shape index (κ1) is 16.0. The molecule has 21 heavy (non-hydrogen) atoms. The lowest BCUT2D eigenvalue weighted by Gasteiger charge is -2.36. The number of Topliss-reactive ketones (excluding diaryl/α,β-unsaturated/α-hetero) is 1. The molecule has 4 nitrogen and oxygen atoms in total. The molecule has 0 spiro atoms. The lowest BCUT2D eigenvalue weighted by molar-refractivity contribution is 0.0646. The van der Waals surface area contributed by atoms with Crippen molar-refractivity contribution in [3.05, 3.63) is 24.0 Å². The summed E-state index contributed by atoms with van der Waals surface area (Å²) in [4.78, 5) is 19.5. The molecular weight excluding hydrogens is 264 g/mol. The van der Waals surface area contributed by atoms with Gasteiger partial charge in [-0.2, -0.15) is 0 Å². The minimum atomic E-state index is -0.436. The fourth-order valence-electron chi connectivity index (χ4n) is 2.93. The topological polar surface area (TPSA) is 42.4 Å². The number of carbonyl (C=O) groups excluding carboxylic acids is 1. The molecule has 0 aromatic carbocycles. The number of carbonyl (C=O) groups is 1. The fraction of sp³-hybridized carbons (Fsp3) is 0.647. The van der Waals surface area contributed by atoms with Crippen LogP contribution in [0.1, 0.15) is 57.3 Å². The van der Waals surface area contributed by atoms with Crippen molar-refractivity contribution in [1.29, 1.82) is 0 Å². The molecule has 1 aliphatic rings. The van der Waals surface area contributed by atoms with Crippen molar-refractivity contribution in [2.75, 3.05) is 13.1 Å². The van der Waals surface area contributed by atoms with Crippen LogP contribution in [0, 0.1) is 0 Å². The van der Waals surface area contributed by atoms with Crippen LogP contribution in [0.15, 0.2) is 18.5 Å². The Labute approximate surface area is 127 Å². The van der Waals surface area contributed by atoms with E-state index in [0.29, 0.717) is 11.3 Å². The second-order valence-corrected chi connectivity index (χ2v) is 6.23. The van der Waals surface area contributed by atoms with Crippen molar-refractivity contribution < 1.29 is 9.53 Å². The predicted molar refractivity (Wildman–Crippen MR) is 83.8 cm³/mol. The van der Waals surface area contributed by atoms with E-state index in [4.69, 9.17) is 4.74 Å². The Balaban J connectivity index is 2.24. The van der Waals surface area contributed by atoms with E-state index in [1.807, 2.05) is 19.9 Å². The molecule has 1 fully saturated rings. The first-order chi connectivity index (χ1) is 9.97. The zero-order chi connectivity index (χ0) is 15.5. The molecular formula is C17H26N2O2. The smallest absolute Gasteiger partial charge is 0.184 e. The quantitative estimate of drug-likeness (QED) is 0.754. The average molecular weight is 290 g/mol. The normalized spacial score (nSPS) is 18.7. The minimum absolute atomic E-state index is 0.0771. The van der Waals surface area contributed by atoms with Crippen LogP contribution in [0.2, 0.25) is 0 Å². The molecule has 0 saturated carbocycles. The molecule has 0 amide bonds. The third-order valence-corrected chi connectivity index (χ3v) is 4.33. The fourth-order valence-corrected chi connectivity index (χ4v) is 2.93. The molecule has 1 atom stereocenters. The molecule has 1 aliphatic heterocycles. The molecule has 2 heterocycles. The van der Waals surface area contributed by atoms with Gasteiger partial charge in [-0.15, -0.1) is 0 Å². The zero-order valence-corrected chi connectivity index (χ0v) is 13.6. The monoisotopic (exact) mass is 290 g/mol. The van der Waals surface area contributed by atoms with Crippen molar-refractivity contribution in [2.45, 2.75) is 58.6 Å². The molecule has 0 aliphatic carbocycles. The van der Waals surface area contributed by atoms with Crippen LogP contribution in [0.4, 0.5) is 0 Å². The van der Waals surface area contributed by atoms with Gasteiger partial charge in [-0.25, -0.2) is 0 Å². The van der Waals surface area contributed by atoms with Crippen LogP contribution in [-0.4, -0.2) is 40.4 Å². The summed E-state index contributed by atoms with van der Waals surface area (Å²) in [6.45, 7) is 10.1. The SMILES string of the molecule is CCC(C)(C(=O)c1cncc(OC(C)C)c1)N1CCCC1.